The first-order valence-electron chi connectivity index (χ1n) is 5.89. The van der Waals surface area contributed by atoms with Gasteiger partial charge in [0.15, 0.2) is 5.13 Å². The minimum atomic E-state index is -0.396. The quantitative estimate of drug-likeness (QED) is 0.618. The van der Waals surface area contributed by atoms with Crippen LogP contribution in [-0.2, 0) is 0 Å². The Bertz CT molecular complexity index is 848. The minimum Gasteiger partial charge on any atom is -0.507 e. The van der Waals surface area contributed by atoms with E-state index >= 15 is 0 Å². The molecule has 21 heavy (non-hydrogen) atoms. The van der Waals surface area contributed by atoms with Crippen LogP contribution in [0.15, 0.2) is 45.3 Å². The average molecular weight is 428 g/mol. The van der Waals surface area contributed by atoms with Gasteiger partial charge < -0.3 is 5.11 Å². The number of carbonyl (C=O) groups is 1. The number of rotatable bonds is 2. The summed E-state index contributed by atoms with van der Waals surface area (Å²) in [5.41, 5.74) is 1.02. The number of benzene rings is 2. The molecule has 106 valence electrons. The fraction of sp³-hybridized carbons (Fsp3) is 0. The lowest BCUT2D eigenvalue weighted by molar-refractivity contribution is 0.102. The summed E-state index contributed by atoms with van der Waals surface area (Å²) in [6.07, 6.45) is 0. The van der Waals surface area contributed by atoms with Crippen molar-refractivity contribution in [2.24, 2.45) is 0 Å². The zero-order valence-electron chi connectivity index (χ0n) is 10.4. The van der Waals surface area contributed by atoms with Crippen LogP contribution in [0, 0.1) is 0 Å². The molecule has 3 rings (SSSR count). The highest BCUT2D eigenvalue weighted by molar-refractivity contribution is 9.10. The molecular weight excluding hydrogens is 420 g/mol. The Morgan fingerprint density at radius 1 is 1.14 bits per heavy atom. The summed E-state index contributed by atoms with van der Waals surface area (Å²) in [5.74, 6) is -0.466. The number of aromatic hydroxyl groups is 1. The molecule has 0 radical (unpaired) electrons. The van der Waals surface area contributed by atoms with Crippen LogP contribution in [0.25, 0.3) is 10.2 Å². The first-order valence-corrected chi connectivity index (χ1v) is 8.29. The molecule has 7 heteroatoms. The van der Waals surface area contributed by atoms with Crippen molar-refractivity contribution in [3.8, 4) is 5.75 Å². The van der Waals surface area contributed by atoms with Crippen LogP contribution in [0.2, 0.25) is 0 Å². The highest BCUT2D eigenvalue weighted by Gasteiger charge is 2.14. The topological polar surface area (TPSA) is 62.2 Å². The fourth-order valence-electron chi connectivity index (χ4n) is 1.81. The predicted octanol–water partition coefficient (Wildman–Crippen LogP) is 4.78. The maximum absolute atomic E-state index is 12.2. The van der Waals surface area contributed by atoms with Gasteiger partial charge in [-0.3, -0.25) is 10.1 Å². The number of hydrogen-bond donors (Lipinski definition) is 2. The summed E-state index contributed by atoms with van der Waals surface area (Å²) in [4.78, 5) is 16.5. The van der Waals surface area contributed by atoms with Gasteiger partial charge in [-0.25, -0.2) is 4.98 Å². The van der Waals surface area contributed by atoms with Gasteiger partial charge in [0.25, 0.3) is 5.91 Å². The largest absolute Gasteiger partial charge is 0.507 e. The van der Waals surface area contributed by atoms with Gasteiger partial charge in [-0.05, 0) is 36.4 Å². The van der Waals surface area contributed by atoms with E-state index in [4.69, 9.17) is 0 Å². The molecule has 0 bridgehead atoms. The zero-order valence-corrected chi connectivity index (χ0v) is 14.4. The molecule has 1 heterocycles. The van der Waals surface area contributed by atoms with E-state index in [0.717, 1.165) is 19.2 Å². The van der Waals surface area contributed by atoms with Crippen LogP contribution in [0.5, 0.6) is 5.75 Å². The van der Waals surface area contributed by atoms with E-state index in [9.17, 15) is 9.90 Å². The maximum atomic E-state index is 12.2. The van der Waals surface area contributed by atoms with Gasteiger partial charge in [0.05, 0.1) is 15.8 Å². The van der Waals surface area contributed by atoms with Crippen molar-refractivity contribution in [2.75, 3.05) is 5.32 Å². The molecule has 0 aliphatic rings. The lowest BCUT2D eigenvalue weighted by Gasteiger charge is -2.04. The lowest BCUT2D eigenvalue weighted by Crippen LogP contribution is -2.11. The van der Waals surface area contributed by atoms with E-state index in [2.05, 4.69) is 42.2 Å². The summed E-state index contributed by atoms with van der Waals surface area (Å²) in [6.45, 7) is 0. The van der Waals surface area contributed by atoms with E-state index in [1.54, 1.807) is 12.1 Å². The molecular formula is C14H8Br2N2O2S. The minimum absolute atomic E-state index is 0.0699. The summed E-state index contributed by atoms with van der Waals surface area (Å²) in [7, 11) is 0. The number of fused-ring (bicyclic) bond motifs is 1. The summed E-state index contributed by atoms with van der Waals surface area (Å²) < 4.78 is 2.65. The number of hydrogen-bond acceptors (Lipinski definition) is 4. The van der Waals surface area contributed by atoms with Gasteiger partial charge in [0, 0.05) is 8.95 Å². The van der Waals surface area contributed by atoms with E-state index in [1.165, 1.54) is 17.4 Å². The van der Waals surface area contributed by atoms with Crippen molar-refractivity contribution >= 4 is 64.5 Å². The second-order valence-corrected chi connectivity index (χ2v) is 7.11. The second kappa shape index (κ2) is 5.75. The van der Waals surface area contributed by atoms with Crippen LogP contribution >= 0.6 is 43.2 Å². The van der Waals surface area contributed by atoms with E-state index < -0.39 is 5.91 Å². The molecule has 3 aromatic rings. The molecule has 0 spiro atoms. The first kappa shape index (κ1) is 14.5. The van der Waals surface area contributed by atoms with E-state index in [-0.39, 0.29) is 11.3 Å². The van der Waals surface area contributed by atoms with Crippen molar-refractivity contribution in [2.45, 2.75) is 0 Å². The number of aromatic nitrogens is 1. The van der Waals surface area contributed by atoms with Crippen molar-refractivity contribution in [1.82, 2.24) is 4.98 Å². The van der Waals surface area contributed by atoms with Gasteiger partial charge in [-0.1, -0.05) is 43.2 Å². The Hall–Kier alpha value is -1.44. The van der Waals surface area contributed by atoms with Crippen molar-refractivity contribution in [1.29, 1.82) is 0 Å². The molecule has 4 nitrogen and oxygen atoms in total. The third-order valence-corrected chi connectivity index (χ3v) is 4.69. The van der Waals surface area contributed by atoms with Gasteiger partial charge in [0.1, 0.15) is 5.75 Å². The normalized spacial score (nSPS) is 10.8. The highest BCUT2D eigenvalue weighted by atomic mass is 79.9. The van der Waals surface area contributed by atoms with Gasteiger partial charge in [-0.2, -0.15) is 0 Å². The van der Waals surface area contributed by atoms with Gasteiger partial charge >= 0.3 is 0 Å². The summed E-state index contributed by atoms with van der Waals surface area (Å²) >= 11 is 8.05. The van der Waals surface area contributed by atoms with Crippen molar-refractivity contribution in [3.63, 3.8) is 0 Å². The predicted molar refractivity (Wildman–Crippen MR) is 91.1 cm³/mol. The molecule has 0 saturated heterocycles. The van der Waals surface area contributed by atoms with Crippen LogP contribution in [0.4, 0.5) is 5.13 Å². The molecule has 0 fully saturated rings. The van der Waals surface area contributed by atoms with Gasteiger partial charge in [-0.15, -0.1) is 0 Å². The van der Waals surface area contributed by atoms with Crippen molar-refractivity contribution < 1.29 is 9.90 Å². The molecule has 1 aromatic heterocycles. The van der Waals surface area contributed by atoms with Crippen LogP contribution in [0.1, 0.15) is 10.4 Å². The molecule has 2 N–H and O–H groups in total. The Balaban J connectivity index is 1.90. The molecule has 0 atom stereocenters. The van der Waals surface area contributed by atoms with Crippen LogP contribution in [0.3, 0.4) is 0 Å². The second-order valence-electron chi connectivity index (χ2n) is 4.25. The number of carbonyl (C=O) groups excluding carboxylic acids is 1. The number of amides is 1. The molecule has 0 aliphatic carbocycles. The number of halogens is 2. The number of nitrogens with one attached hydrogen (secondary N) is 1. The number of thiazole rings is 1. The third kappa shape index (κ3) is 3.09. The number of nitrogens with zero attached hydrogens (tertiary/aromatic N) is 1. The molecule has 2 aromatic carbocycles. The lowest BCUT2D eigenvalue weighted by atomic mass is 10.2. The van der Waals surface area contributed by atoms with Crippen LogP contribution < -0.4 is 5.32 Å². The van der Waals surface area contributed by atoms with Crippen LogP contribution in [-0.4, -0.2) is 16.0 Å². The number of phenolic OH excluding ortho intramolecular Hbond substituents is 1. The Morgan fingerprint density at radius 2 is 1.86 bits per heavy atom. The third-order valence-electron chi connectivity index (χ3n) is 2.77. The first-order chi connectivity index (χ1) is 10.0. The molecule has 1 amide bonds. The fourth-order valence-corrected chi connectivity index (χ4v) is 3.58. The Labute approximate surface area is 141 Å². The van der Waals surface area contributed by atoms with Crippen molar-refractivity contribution in [3.05, 3.63) is 50.9 Å². The molecule has 0 saturated carbocycles. The summed E-state index contributed by atoms with van der Waals surface area (Å²) in [6, 6.07) is 10.4. The SMILES string of the molecule is O=C(Nc1nc2ccc(Br)cc2s1)c1cc(Br)ccc1O. The van der Waals surface area contributed by atoms with E-state index in [1.807, 2.05) is 18.2 Å². The Kier molecular flexibility index (Phi) is 3.97. The van der Waals surface area contributed by atoms with Gasteiger partial charge in [0.2, 0.25) is 0 Å². The molecule has 0 unspecified atom stereocenters. The summed E-state index contributed by atoms with van der Waals surface area (Å²) in [5, 5.41) is 13.0. The highest BCUT2D eigenvalue weighted by Crippen LogP contribution is 2.29. The monoisotopic (exact) mass is 426 g/mol. The maximum Gasteiger partial charge on any atom is 0.261 e. The molecule has 0 aliphatic heterocycles. The zero-order chi connectivity index (χ0) is 15.0. The van der Waals surface area contributed by atoms with E-state index in [0.29, 0.717) is 5.13 Å². The standard InChI is InChI=1S/C14H8Br2N2O2S/c15-7-2-4-11(19)9(5-7)13(20)18-14-17-10-3-1-8(16)6-12(10)21-14/h1-6,19H,(H,17,18,20). The number of anilines is 1. The average Bonchev–Trinajstić information content (AvgIpc) is 2.82. The number of phenols is 1. The Morgan fingerprint density at radius 3 is 2.67 bits per heavy atom. The smallest absolute Gasteiger partial charge is 0.261 e.